The summed E-state index contributed by atoms with van der Waals surface area (Å²) >= 11 is 5.95. The van der Waals surface area contributed by atoms with Crippen molar-refractivity contribution in [2.24, 2.45) is 5.73 Å². The molecule has 16 heteroatoms. The lowest BCUT2D eigenvalue weighted by molar-refractivity contribution is 0.0947. The average Bonchev–Trinajstić information content (AvgIpc) is 3.75. The van der Waals surface area contributed by atoms with Gasteiger partial charge < -0.3 is 52.2 Å². The first-order valence-corrected chi connectivity index (χ1v) is 16.2. The van der Waals surface area contributed by atoms with Crippen molar-refractivity contribution in [3.63, 3.8) is 0 Å². The highest BCUT2D eigenvalue weighted by Gasteiger charge is 2.22. The molecule has 1 aromatic carbocycles. The Labute approximate surface area is 288 Å². The van der Waals surface area contributed by atoms with E-state index >= 15 is 0 Å². The van der Waals surface area contributed by atoms with Gasteiger partial charge >= 0.3 is 0 Å². The van der Waals surface area contributed by atoms with E-state index in [9.17, 15) is 19.2 Å². The normalized spacial score (nSPS) is 10.7. The summed E-state index contributed by atoms with van der Waals surface area (Å²) < 4.78 is 0. The fourth-order valence-corrected chi connectivity index (χ4v) is 5.38. The van der Waals surface area contributed by atoms with E-state index in [1.807, 2.05) is 12.1 Å². The molecule has 49 heavy (non-hydrogen) atoms. The van der Waals surface area contributed by atoms with Gasteiger partial charge in [0.1, 0.15) is 17.1 Å². The van der Waals surface area contributed by atoms with Gasteiger partial charge in [0.2, 0.25) is 0 Å². The van der Waals surface area contributed by atoms with Crippen LogP contribution in [-0.4, -0.2) is 76.6 Å². The largest absolute Gasteiger partial charge is 0.370 e. The highest BCUT2D eigenvalue weighted by Crippen LogP contribution is 2.25. The quantitative estimate of drug-likeness (QED) is 0.0381. The number of rotatable bonds is 15. The van der Waals surface area contributed by atoms with E-state index < -0.39 is 11.8 Å². The van der Waals surface area contributed by atoms with Crippen LogP contribution in [0.25, 0.3) is 0 Å². The first kappa shape index (κ1) is 36.1. The number of carbonyl (C=O) groups excluding carboxylic acids is 4. The van der Waals surface area contributed by atoms with Gasteiger partial charge in [0, 0.05) is 78.6 Å². The number of hydrogen-bond acceptors (Lipinski definition) is 6. The van der Waals surface area contributed by atoms with Crippen LogP contribution in [0, 0.1) is 26.2 Å². The molecule has 0 bridgehead atoms. The molecule has 0 saturated carbocycles. The summed E-state index contributed by atoms with van der Waals surface area (Å²) in [5.74, 6) is -1.30. The summed E-state index contributed by atoms with van der Waals surface area (Å²) in [5, 5.41) is 20.9. The maximum Gasteiger partial charge on any atom is 0.272 e. The minimum atomic E-state index is -0.469. The fourth-order valence-electron chi connectivity index (χ4n) is 5.17. The topological polar surface area (TPSA) is 229 Å². The molecule has 0 aliphatic heterocycles. The first-order chi connectivity index (χ1) is 23.4. The Morgan fingerprint density at radius 2 is 1.16 bits per heavy atom. The van der Waals surface area contributed by atoms with Gasteiger partial charge in [-0.15, -0.1) is 11.6 Å². The molecule has 0 fully saturated rings. The number of benzene rings is 1. The van der Waals surface area contributed by atoms with Crippen molar-refractivity contribution in [2.75, 3.05) is 52.9 Å². The number of aromatic amines is 3. The Morgan fingerprint density at radius 1 is 0.714 bits per heavy atom. The lowest BCUT2D eigenvalue weighted by Crippen LogP contribution is -2.37. The molecule has 0 radical (unpaired) electrons. The third-order valence-corrected chi connectivity index (χ3v) is 8.08. The Kier molecular flexibility index (Phi) is 12.1. The van der Waals surface area contributed by atoms with E-state index in [4.69, 9.17) is 22.7 Å². The smallest absolute Gasteiger partial charge is 0.272 e. The van der Waals surface area contributed by atoms with E-state index in [2.05, 4.69) is 53.4 Å². The predicted molar refractivity (Wildman–Crippen MR) is 192 cm³/mol. The molecule has 0 unspecified atom stereocenters. The van der Waals surface area contributed by atoms with E-state index in [-0.39, 0.29) is 41.4 Å². The van der Waals surface area contributed by atoms with Gasteiger partial charge in [0.15, 0.2) is 5.96 Å². The molecule has 4 amide bonds. The van der Waals surface area contributed by atoms with Crippen molar-refractivity contribution < 1.29 is 19.2 Å². The van der Waals surface area contributed by atoms with Crippen molar-refractivity contribution in [3.8, 4) is 0 Å². The van der Waals surface area contributed by atoms with Crippen LogP contribution in [0.1, 0.15) is 71.9 Å². The molecule has 0 atom stereocenters. The van der Waals surface area contributed by atoms with E-state index in [1.54, 1.807) is 39.1 Å². The number of aromatic nitrogens is 3. The molecule has 3 heterocycles. The molecule has 0 saturated heterocycles. The molecule has 0 spiro atoms. The molecule has 3 aromatic heterocycles. The summed E-state index contributed by atoms with van der Waals surface area (Å²) in [6.45, 7) is 9.32. The van der Waals surface area contributed by atoms with Crippen molar-refractivity contribution >= 4 is 63.9 Å². The number of halogens is 1. The summed E-state index contributed by atoms with van der Waals surface area (Å²) in [6, 6.07) is 7.29. The van der Waals surface area contributed by atoms with Gasteiger partial charge in [0.05, 0.1) is 17.1 Å². The number of carbonyl (C=O) groups is 4. The predicted octanol–water partition coefficient (Wildman–Crippen LogP) is 4.02. The molecular weight excluding hydrogens is 650 g/mol. The highest BCUT2D eigenvalue weighted by molar-refractivity contribution is 6.18. The lowest BCUT2D eigenvalue weighted by atomic mass is 10.1. The van der Waals surface area contributed by atoms with Gasteiger partial charge in [-0.25, -0.2) is 0 Å². The third-order valence-electron chi connectivity index (χ3n) is 7.91. The van der Waals surface area contributed by atoms with Gasteiger partial charge in [0.25, 0.3) is 23.6 Å². The summed E-state index contributed by atoms with van der Waals surface area (Å²) in [6.07, 6.45) is 5.56. The zero-order chi connectivity index (χ0) is 35.7. The van der Waals surface area contributed by atoms with Gasteiger partial charge in [-0.3, -0.25) is 24.6 Å². The summed E-state index contributed by atoms with van der Waals surface area (Å²) in [4.78, 5) is 62.8. The number of nitrogens with one attached hydrogen (secondary N) is 9. The molecule has 11 N–H and O–H groups in total. The number of alkyl halides is 1. The standard InChI is InChI=1S/C33H42ClN11O4/c1-5-13-45(14-10-34)22-8-6-21(7-9-22)29(46)42-23-15-40-27(19(23)3)31(48)44-25-17-41-28(20(25)4)32(49)43-24-16-39-26(18(24)2)30(47)37-11-12-38-33(35)36/h6-9,15-17,39-41H,5,10-14H2,1-4H3,(H,37,47)(H,42,46)(H,43,49)(H,44,48)(H4,35,36,38). The number of anilines is 4. The van der Waals surface area contributed by atoms with Crippen LogP contribution in [-0.2, 0) is 0 Å². The first-order valence-electron chi connectivity index (χ1n) is 15.7. The third kappa shape index (κ3) is 8.81. The van der Waals surface area contributed by atoms with Crippen molar-refractivity contribution in [1.29, 1.82) is 5.41 Å². The average molecular weight is 692 g/mol. The van der Waals surface area contributed by atoms with Crippen molar-refractivity contribution in [3.05, 3.63) is 82.2 Å². The Bertz CT molecular complexity index is 1820. The minimum absolute atomic E-state index is 0.192. The zero-order valence-electron chi connectivity index (χ0n) is 27.8. The number of guanidine groups is 1. The van der Waals surface area contributed by atoms with Crippen LogP contribution in [0.15, 0.2) is 42.9 Å². The molecular formula is C33H42ClN11O4. The number of nitrogens with two attached hydrogens (primary N) is 1. The molecule has 0 aliphatic rings. The second kappa shape index (κ2) is 16.4. The Morgan fingerprint density at radius 3 is 1.61 bits per heavy atom. The van der Waals surface area contributed by atoms with Crippen LogP contribution < -0.4 is 37.2 Å². The zero-order valence-corrected chi connectivity index (χ0v) is 28.6. The van der Waals surface area contributed by atoms with E-state index in [0.29, 0.717) is 58.3 Å². The van der Waals surface area contributed by atoms with Crippen LogP contribution in [0.3, 0.4) is 0 Å². The van der Waals surface area contributed by atoms with Gasteiger partial charge in [-0.2, -0.15) is 0 Å². The SMILES string of the molecule is CCCN(CCCl)c1ccc(C(=O)Nc2c[nH]c(C(=O)Nc3c[nH]c(C(=O)Nc4c[nH]c(C(=O)NCCNC(=N)N)c4C)c3C)c2C)cc1. The number of hydrogen-bond donors (Lipinski definition) is 10. The van der Waals surface area contributed by atoms with E-state index in [0.717, 1.165) is 18.7 Å². The maximum absolute atomic E-state index is 13.2. The second-order valence-corrected chi connectivity index (χ2v) is 11.7. The fraction of sp³-hybridized carbons (Fsp3) is 0.303. The number of amides is 4. The van der Waals surface area contributed by atoms with Crippen molar-refractivity contribution in [1.82, 2.24) is 25.6 Å². The van der Waals surface area contributed by atoms with Gasteiger partial charge in [-0.1, -0.05) is 6.92 Å². The number of nitrogens with zero attached hydrogens (tertiary/aromatic N) is 1. The van der Waals surface area contributed by atoms with E-state index in [1.165, 1.54) is 12.4 Å². The Hall–Kier alpha value is -5.70. The second-order valence-electron chi connectivity index (χ2n) is 11.3. The minimum Gasteiger partial charge on any atom is -0.370 e. The lowest BCUT2D eigenvalue weighted by Gasteiger charge is -2.23. The molecule has 4 aromatic rings. The Balaban J connectivity index is 1.36. The van der Waals surface area contributed by atoms with Crippen LogP contribution in [0.2, 0.25) is 0 Å². The molecule has 4 rings (SSSR count). The summed E-state index contributed by atoms with van der Waals surface area (Å²) in [7, 11) is 0. The van der Waals surface area contributed by atoms with Crippen LogP contribution in [0.5, 0.6) is 0 Å². The van der Waals surface area contributed by atoms with Crippen LogP contribution >= 0.6 is 11.6 Å². The van der Waals surface area contributed by atoms with Crippen LogP contribution in [0.4, 0.5) is 22.7 Å². The number of H-pyrrole nitrogens is 3. The molecule has 0 aliphatic carbocycles. The molecule has 15 nitrogen and oxygen atoms in total. The highest BCUT2D eigenvalue weighted by atomic mass is 35.5. The van der Waals surface area contributed by atoms with Gasteiger partial charge in [-0.05, 0) is 51.5 Å². The molecule has 260 valence electrons. The van der Waals surface area contributed by atoms with Crippen molar-refractivity contribution in [2.45, 2.75) is 34.1 Å². The summed E-state index contributed by atoms with van der Waals surface area (Å²) in [5.41, 5.74) is 10.3. The monoisotopic (exact) mass is 691 g/mol. The maximum atomic E-state index is 13.2.